The predicted octanol–water partition coefficient (Wildman–Crippen LogP) is 3.03. The lowest BCUT2D eigenvalue weighted by Crippen LogP contribution is -1.98. The van der Waals surface area contributed by atoms with Gasteiger partial charge < -0.3 is 4.42 Å². The Hall–Kier alpha value is -1.57. The van der Waals surface area contributed by atoms with Gasteiger partial charge >= 0.3 is 0 Å². The Bertz CT molecular complexity index is 459. The molecule has 2 aromatic rings. The van der Waals surface area contributed by atoms with Crippen LogP contribution in [0.3, 0.4) is 0 Å². The molecule has 1 aliphatic rings. The summed E-state index contributed by atoms with van der Waals surface area (Å²) in [6.45, 7) is 0. The smallest absolute Gasteiger partial charge is 0.201 e. The van der Waals surface area contributed by atoms with E-state index in [1.165, 1.54) is 0 Å². The molecule has 1 saturated carbocycles. The van der Waals surface area contributed by atoms with Crippen molar-refractivity contribution in [3.63, 3.8) is 0 Å². The second-order valence-corrected chi connectivity index (χ2v) is 3.79. The molecule has 1 fully saturated rings. The van der Waals surface area contributed by atoms with E-state index in [4.69, 9.17) is 4.42 Å². The highest BCUT2D eigenvalue weighted by molar-refractivity contribution is 6.00. The SMILES string of the molecule is O=C(c1cc2ccccc2o1)C1CC1. The zero-order chi connectivity index (χ0) is 9.54. The number of para-hydroxylation sites is 1. The topological polar surface area (TPSA) is 30.2 Å². The van der Waals surface area contributed by atoms with Crippen LogP contribution in [0.5, 0.6) is 0 Å². The Morgan fingerprint density at radius 1 is 1.29 bits per heavy atom. The van der Waals surface area contributed by atoms with E-state index in [0.29, 0.717) is 5.76 Å². The summed E-state index contributed by atoms with van der Waals surface area (Å²) in [6.07, 6.45) is 2.05. The number of hydrogen-bond donors (Lipinski definition) is 0. The van der Waals surface area contributed by atoms with Crippen molar-refractivity contribution in [2.75, 3.05) is 0 Å². The molecular formula is C12H10O2. The van der Waals surface area contributed by atoms with E-state index in [1.54, 1.807) is 0 Å². The molecule has 0 bridgehead atoms. The second-order valence-electron chi connectivity index (χ2n) is 3.79. The molecular weight excluding hydrogens is 176 g/mol. The third kappa shape index (κ3) is 1.15. The fourth-order valence-electron chi connectivity index (χ4n) is 1.65. The van der Waals surface area contributed by atoms with Crippen molar-refractivity contribution in [2.24, 2.45) is 5.92 Å². The molecule has 1 aliphatic carbocycles. The van der Waals surface area contributed by atoms with Crippen LogP contribution in [0.2, 0.25) is 0 Å². The van der Waals surface area contributed by atoms with Gasteiger partial charge in [0.15, 0.2) is 5.76 Å². The third-order valence-electron chi connectivity index (χ3n) is 2.62. The third-order valence-corrected chi connectivity index (χ3v) is 2.62. The summed E-state index contributed by atoms with van der Waals surface area (Å²) in [7, 11) is 0. The first-order valence-corrected chi connectivity index (χ1v) is 4.87. The van der Waals surface area contributed by atoms with E-state index >= 15 is 0 Å². The van der Waals surface area contributed by atoms with Gasteiger partial charge in [-0.1, -0.05) is 18.2 Å². The van der Waals surface area contributed by atoms with Crippen molar-refractivity contribution in [3.8, 4) is 0 Å². The van der Waals surface area contributed by atoms with Gasteiger partial charge in [-0.05, 0) is 25.0 Å². The number of carbonyl (C=O) groups is 1. The maximum Gasteiger partial charge on any atom is 0.201 e. The molecule has 0 atom stereocenters. The fourth-order valence-corrected chi connectivity index (χ4v) is 1.65. The van der Waals surface area contributed by atoms with Gasteiger partial charge in [-0.3, -0.25) is 4.79 Å². The van der Waals surface area contributed by atoms with Gasteiger partial charge in [0.2, 0.25) is 5.78 Å². The van der Waals surface area contributed by atoms with Gasteiger partial charge in [0.05, 0.1) is 0 Å². The van der Waals surface area contributed by atoms with Crippen molar-refractivity contribution in [3.05, 3.63) is 36.1 Å². The van der Waals surface area contributed by atoms with Gasteiger partial charge in [0.25, 0.3) is 0 Å². The molecule has 70 valence electrons. The van der Waals surface area contributed by atoms with Crippen LogP contribution in [0.25, 0.3) is 11.0 Å². The standard InChI is InChI=1S/C12H10O2/c13-12(8-5-6-8)11-7-9-3-1-2-4-10(9)14-11/h1-4,7-8H,5-6H2. The van der Waals surface area contributed by atoms with Crippen LogP contribution in [-0.2, 0) is 0 Å². The average molecular weight is 186 g/mol. The number of ketones is 1. The Morgan fingerprint density at radius 3 is 2.79 bits per heavy atom. The van der Waals surface area contributed by atoms with Crippen LogP contribution in [0.15, 0.2) is 34.7 Å². The van der Waals surface area contributed by atoms with Crippen LogP contribution < -0.4 is 0 Å². The van der Waals surface area contributed by atoms with Crippen LogP contribution in [0, 0.1) is 5.92 Å². The van der Waals surface area contributed by atoms with E-state index in [0.717, 1.165) is 23.8 Å². The van der Waals surface area contributed by atoms with Gasteiger partial charge in [0, 0.05) is 11.3 Å². The molecule has 0 saturated heterocycles. The van der Waals surface area contributed by atoms with E-state index in [-0.39, 0.29) is 11.7 Å². The quantitative estimate of drug-likeness (QED) is 0.675. The molecule has 0 unspecified atom stereocenters. The number of hydrogen-bond acceptors (Lipinski definition) is 2. The highest BCUT2D eigenvalue weighted by Gasteiger charge is 2.32. The lowest BCUT2D eigenvalue weighted by atomic mass is 10.2. The van der Waals surface area contributed by atoms with Crippen molar-refractivity contribution in [1.29, 1.82) is 0 Å². The molecule has 14 heavy (non-hydrogen) atoms. The number of fused-ring (bicyclic) bond motifs is 1. The number of carbonyl (C=O) groups excluding carboxylic acids is 1. The van der Waals surface area contributed by atoms with Crippen LogP contribution in [0.1, 0.15) is 23.4 Å². The summed E-state index contributed by atoms with van der Waals surface area (Å²) in [4.78, 5) is 11.7. The average Bonchev–Trinajstić information content (AvgIpc) is 2.95. The molecule has 0 amide bonds. The molecule has 0 N–H and O–H groups in total. The van der Waals surface area contributed by atoms with Gasteiger partial charge in [-0.2, -0.15) is 0 Å². The summed E-state index contributed by atoms with van der Waals surface area (Å²) >= 11 is 0. The van der Waals surface area contributed by atoms with E-state index in [1.807, 2.05) is 30.3 Å². The molecule has 3 rings (SSSR count). The predicted molar refractivity (Wildman–Crippen MR) is 53.3 cm³/mol. The zero-order valence-corrected chi connectivity index (χ0v) is 7.69. The number of benzene rings is 1. The van der Waals surface area contributed by atoms with E-state index in [2.05, 4.69) is 0 Å². The maximum absolute atomic E-state index is 11.7. The van der Waals surface area contributed by atoms with Gasteiger partial charge in [-0.25, -0.2) is 0 Å². The normalized spacial score (nSPS) is 16.0. The van der Waals surface area contributed by atoms with Crippen LogP contribution in [0.4, 0.5) is 0 Å². The summed E-state index contributed by atoms with van der Waals surface area (Å²) in [6, 6.07) is 9.55. The fraction of sp³-hybridized carbons (Fsp3) is 0.250. The van der Waals surface area contributed by atoms with Crippen molar-refractivity contribution >= 4 is 16.8 Å². The lowest BCUT2D eigenvalue weighted by molar-refractivity contribution is 0.0942. The molecule has 0 aliphatic heterocycles. The first kappa shape index (κ1) is 7.80. The largest absolute Gasteiger partial charge is 0.453 e. The minimum Gasteiger partial charge on any atom is -0.453 e. The summed E-state index contributed by atoms with van der Waals surface area (Å²) in [5.41, 5.74) is 0.802. The highest BCUT2D eigenvalue weighted by atomic mass is 16.3. The molecule has 2 nitrogen and oxygen atoms in total. The monoisotopic (exact) mass is 186 g/mol. The maximum atomic E-state index is 11.7. The van der Waals surface area contributed by atoms with Crippen molar-refractivity contribution in [1.82, 2.24) is 0 Å². The summed E-state index contributed by atoms with van der Waals surface area (Å²) in [5, 5.41) is 1.01. The minimum atomic E-state index is 0.168. The van der Waals surface area contributed by atoms with Gasteiger partial charge in [0.1, 0.15) is 5.58 Å². The van der Waals surface area contributed by atoms with Crippen LogP contribution >= 0.6 is 0 Å². The highest BCUT2D eigenvalue weighted by Crippen LogP contribution is 2.34. The molecule has 1 aromatic carbocycles. The number of furan rings is 1. The second kappa shape index (κ2) is 2.71. The van der Waals surface area contributed by atoms with E-state index < -0.39 is 0 Å². The molecule has 2 heteroatoms. The number of rotatable bonds is 2. The van der Waals surface area contributed by atoms with Crippen molar-refractivity contribution in [2.45, 2.75) is 12.8 Å². The number of Topliss-reactive ketones (excluding diaryl/α,β-unsaturated/α-hetero) is 1. The summed E-state index contributed by atoms with van der Waals surface area (Å²) in [5.74, 6) is 0.922. The van der Waals surface area contributed by atoms with Crippen molar-refractivity contribution < 1.29 is 9.21 Å². The molecule has 1 heterocycles. The zero-order valence-electron chi connectivity index (χ0n) is 7.69. The Labute approximate surface area is 81.5 Å². The first-order chi connectivity index (χ1) is 6.84. The molecule has 0 radical (unpaired) electrons. The van der Waals surface area contributed by atoms with Crippen LogP contribution in [-0.4, -0.2) is 5.78 Å². The Kier molecular flexibility index (Phi) is 1.51. The molecule has 0 spiro atoms. The Morgan fingerprint density at radius 2 is 2.07 bits per heavy atom. The summed E-state index contributed by atoms with van der Waals surface area (Å²) < 4.78 is 5.48. The van der Waals surface area contributed by atoms with Gasteiger partial charge in [-0.15, -0.1) is 0 Å². The molecule has 1 aromatic heterocycles. The van der Waals surface area contributed by atoms with E-state index in [9.17, 15) is 4.79 Å². The lowest BCUT2D eigenvalue weighted by Gasteiger charge is -1.89. The Balaban J connectivity index is 2.09. The minimum absolute atomic E-state index is 0.168. The first-order valence-electron chi connectivity index (χ1n) is 4.87.